The molecule has 1 aromatic heterocycles. The third-order valence-corrected chi connectivity index (χ3v) is 4.15. The monoisotopic (exact) mass is 286 g/mol. The molecule has 2 atom stereocenters. The summed E-state index contributed by atoms with van der Waals surface area (Å²) in [5.41, 5.74) is 0. The molecule has 1 aromatic rings. The van der Waals surface area contributed by atoms with Gasteiger partial charge in [-0.15, -0.1) is 0 Å². The van der Waals surface area contributed by atoms with Crippen molar-refractivity contribution in [1.29, 1.82) is 0 Å². The van der Waals surface area contributed by atoms with Crippen LogP contribution in [0.1, 0.15) is 13.8 Å². The molecule has 1 aliphatic rings. The molecular formula is C11H15BrN2S. The quantitative estimate of drug-likeness (QED) is 0.789. The predicted octanol–water partition coefficient (Wildman–Crippen LogP) is 3.17. The zero-order valence-corrected chi connectivity index (χ0v) is 11.4. The molecule has 0 amide bonds. The second kappa shape index (κ2) is 4.74. The Morgan fingerprint density at radius 1 is 1.33 bits per heavy atom. The van der Waals surface area contributed by atoms with Crippen LogP contribution < -0.4 is 4.90 Å². The summed E-state index contributed by atoms with van der Waals surface area (Å²) in [7, 11) is 0. The van der Waals surface area contributed by atoms with Gasteiger partial charge in [0.15, 0.2) is 0 Å². The van der Waals surface area contributed by atoms with E-state index < -0.39 is 0 Å². The van der Waals surface area contributed by atoms with E-state index in [1.165, 1.54) is 0 Å². The lowest BCUT2D eigenvalue weighted by Gasteiger charge is -2.35. The number of nitrogens with zero attached hydrogens (tertiary/aromatic N) is 2. The second-order valence-corrected chi connectivity index (χ2v) is 6.79. The Kier molecular flexibility index (Phi) is 3.57. The Hall–Kier alpha value is -0.220. The Bertz CT molecular complexity index is 318. The fourth-order valence-electron chi connectivity index (χ4n) is 1.92. The van der Waals surface area contributed by atoms with E-state index in [9.17, 15) is 0 Å². The van der Waals surface area contributed by atoms with Crippen molar-refractivity contribution in [1.82, 2.24) is 4.98 Å². The van der Waals surface area contributed by atoms with Gasteiger partial charge in [-0.25, -0.2) is 4.98 Å². The van der Waals surface area contributed by atoms with Crippen molar-refractivity contribution < 1.29 is 0 Å². The fourth-order valence-corrected chi connectivity index (χ4v) is 3.48. The summed E-state index contributed by atoms with van der Waals surface area (Å²) >= 11 is 5.47. The molecule has 1 fully saturated rings. The minimum atomic E-state index is 0.694. The molecule has 2 rings (SSSR count). The molecule has 2 nitrogen and oxygen atoms in total. The van der Waals surface area contributed by atoms with Gasteiger partial charge in [-0.1, -0.05) is 13.8 Å². The van der Waals surface area contributed by atoms with Crippen molar-refractivity contribution in [2.24, 2.45) is 0 Å². The van der Waals surface area contributed by atoms with Crippen LogP contribution in [0.2, 0.25) is 0 Å². The van der Waals surface area contributed by atoms with E-state index in [1.54, 1.807) is 0 Å². The second-order valence-electron chi connectivity index (χ2n) is 4.00. The molecule has 0 saturated carbocycles. The van der Waals surface area contributed by atoms with Gasteiger partial charge in [-0.3, -0.25) is 0 Å². The first-order valence-electron chi connectivity index (χ1n) is 5.17. The van der Waals surface area contributed by atoms with Gasteiger partial charge in [-0.2, -0.15) is 11.8 Å². The summed E-state index contributed by atoms with van der Waals surface area (Å²) in [4.78, 5) is 6.81. The smallest absolute Gasteiger partial charge is 0.128 e. The summed E-state index contributed by atoms with van der Waals surface area (Å²) in [6, 6.07) is 4.14. The molecule has 1 aliphatic heterocycles. The third kappa shape index (κ3) is 2.88. The SMILES string of the molecule is CC1CN(c2ccc(Br)cn2)CC(C)S1. The van der Waals surface area contributed by atoms with Gasteiger partial charge in [0, 0.05) is 34.3 Å². The maximum Gasteiger partial charge on any atom is 0.128 e. The number of rotatable bonds is 1. The normalized spacial score (nSPS) is 26.7. The average Bonchev–Trinajstić information content (AvgIpc) is 2.17. The van der Waals surface area contributed by atoms with Gasteiger partial charge < -0.3 is 4.90 Å². The van der Waals surface area contributed by atoms with Gasteiger partial charge in [0.25, 0.3) is 0 Å². The van der Waals surface area contributed by atoms with Crippen LogP contribution in [0.25, 0.3) is 0 Å². The van der Waals surface area contributed by atoms with E-state index in [0.29, 0.717) is 10.5 Å². The highest BCUT2D eigenvalue weighted by atomic mass is 79.9. The highest BCUT2D eigenvalue weighted by molar-refractivity contribution is 9.10. The molecule has 2 heterocycles. The first kappa shape index (κ1) is 11.3. The zero-order chi connectivity index (χ0) is 10.8. The molecule has 82 valence electrons. The van der Waals surface area contributed by atoms with E-state index in [-0.39, 0.29) is 0 Å². The number of hydrogen-bond donors (Lipinski definition) is 0. The highest BCUT2D eigenvalue weighted by Crippen LogP contribution is 2.27. The Morgan fingerprint density at radius 3 is 2.53 bits per heavy atom. The summed E-state index contributed by atoms with van der Waals surface area (Å²) in [6.07, 6.45) is 1.87. The minimum absolute atomic E-state index is 0.694. The third-order valence-electron chi connectivity index (χ3n) is 2.46. The molecule has 0 aliphatic carbocycles. The van der Waals surface area contributed by atoms with E-state index in [4.69, 9.17) is 0 Å². The molecule has 0 spiro atoms. The molecule has 15 heavy (non-hydrogen) atoms. The van der Waals surface area contributed by atoms with Gasteiger partial charge in [0.05, 0.1) is 0 Å². The number of halogens is 1. The van der Waals surface area contributed by atoms with E-state index in [1.807, 2.05) is 6.20 Å². The minimum Gasteiger partial charge on any atom is -0.354 e. The Morgan fingerprint density at radius 2 is 2.00 bits per heavy atom. The molecule has 1 saturated heterocycles. The van der Waals surface area contributed by atoms with Crippen molar-refractivity contribution in [3.8, 4) is 0 Å². The van der Waals surface area contributed by atoms with Crippen molar-refractivity contribution in [2.45, 2.75) is 24.3 Å². The molecular weight excluding hydrogens is 272 g/mol. The van der Waals surface area contributed by atoms with Crippen molar-refractivity contribution in [2.75, 3.05) is 18.0 Å². The van der Waals surface area contributed by atoms with Crippen LogP contribution in [0.4, 0.5) is 5.82 Å². The molecule has 0 aromatic carbocycles. The van der Waals surface area contributed by atoms with Crippen molar-refractivity contribution >= 4 is 33.5 Å². The topological polar surface area (TPSA) is 16.1 Å². The maximum absolute atomic E-state index is 4.44. The number of thioether (sulfide) groups is 1. The first-order chi connectivity index (χ1) is 7.15. The lowest BCUT2D eigenvalue weighted by Crippen LogP contribution is -2.40. The van der Waals surface area contributed by atoms with E-state index >= 15 is 0 Å². The highest BCUT2D eigenvalue weighted by Gasteiger charge is 2.22. The summed E-state index contributed by atoms with van der Waals surface area (Å²) in [5.74, 6) is 1.09. The fraction of sp³-hybridized carbons (Fsp3) is 0.545. The summed E-state index contributed by atoms with van der Waals surface area (Å²) in [6.45, 7) is 6.77. The van der Waals surface area contributed by atoms with Crippen LogP contribution in [-0.4, -0.2) is 28.6 Å². The van der Waals surface area contributed by atoms with Gasteiger partial charge >= 0.3 is 0 Å². The molecule has 4 heteroatoms. The molecule has 2 unspecified atom stereocenters. The lowest BCUT2D eigenvalue weighted by atomic mass is 10.3. The summed E-state index contributed by atoms with van der Waals surface area (Å²) < 4.78 is 1.04. The van der Waals surface area contributed by atoms with E-state index in [2.05, 4.69) is 63.6 Å². The summed E-state index contributed by atoms with van der Waals surface area (Å²) in [5, 5.41) is 1.39. The molecule has 0 radical (unpaired) electrons. The number of hydrogen-bond acceptors (Lipinski definition) is 3. The number of anilines is 1. The first-order valence-corrected chi connectivity index (χ1v) is 6.90. The van der Waals surface area contributed by atoms with Crippen LogP contribution in [0.15, 0.2) is 22.8 Å². The largest absolute Gasteiger partial charge is 0.354 e. The van der Waals surface area contributed by atoms with Gasteiger partial charge in [-0.05, 0) is 28.1 Å². The van der Waals surface area contributed by atoms with Gasteiger partial charge in [0.1, 0.15) is 5.82 Å². The standard InChI is InChI=1S/C11H15BrN2S/c1-8-6-14(7-9(2)15-8)11-4-3-10(12)5-13-11/h3-5,8-9H,6-7H2,1-2H3. The van der Waals surface area contributed by atoms with Crippen LogP contribution in [-0.2, 0) is 0 Å². The van der Waals surface area contributed by atoms with Gasteiger partial charge in [0.2, 0.25) is 0 Å². The number of pyridine rings is 1. The lowest BCUT2D eigenvalue weighted by molar-refractivity contribution is 0.718. The van der Waals surface area contributed by atoms with Crippen molar-refractivity contribution in [3.63, 3.8) is 0 Å². The maximum atomic E-state index is 4.44. The average molecular weight is 287 g/mol. The Balaban J connectivity index is 2.12. The van der Waals surface area contributed by atoms with Crippen molar-refractivity contribution in [3.05, 3.63) is 22.8 Å². The predicted molar refractivity (Wildman–Crippen MR) is 70.7 cm³/mol. The van der Waals surface area contributed by atoms with Crippen LogP contribution >= 0.6 is 27.7 Å². The van der Waals surface area contributed by atoms with Crippen LogP contribution in [0, 0.1) is 0 Å². The zero-order valence-electron chi connectivity index (χ0n) is 8.98. The number of aromatic nitrogens is 1. The van der Waals surface area contributed by atoms with Crippen LogP contribution in [0.5, 0.6) is 0 Å². The molecule has 0 N–H and O–H groups in total. The van der Waals surface area contributed by atoms with Crippen LogP contribution in [0.3, 0.4) is 0 Å². The molecule has 0 bridgehead atoms. The Labute approximate surface area is 104 Å². The van der Waals surface area contributed by atoms with E-state index in [0.717, 1.165) is 23.4 Å².